The van der Waals surface area contributed by atoms with Crippen LogP contribution in [0.5, 0.6) is 0 Å². The first-order valence-electron chi connectivity index (χ1n) is 6.59. The Morgan fingerprint density at radius 2 is 2.26 bits per heavy atom. The van der Waals surface area contributed by atoms with Crippen LogP contribution < -0.4 is 0 Å². The maximum atomic E-state index is 12.5. The fourth-order valence-corrected chi connectivity index (χ4v) is 3.86. The molecule has 0 N–H and O–H groups in total. The van der Waals surface area contributed by atoms with Crippen LogP contribution in [0.3, 0.4) is 0 Å². The fourth-order valence-electron chi connectivity index (χ4n) is 2.38. The molecule has 0 aromatic carbocycles. The zero-order valence-electron chi connectivity index (χ0n) is 11.8. The van der Waals surface area contributed by atoms with Gasteiger partial charge in [0.1, 0.15) is 5.82 Å². The van der Waals surface area contributed by atoms with Crippen LogP contribution in [0.1, 0.15) is 25.6 Å². The van der Waals surface area contributed by atoms with Crippen molar-refractivity contribution in [1.82, 2.24) is 18.2 Å². The molecule has 2 rings (SSSR count). The summed E-state index contributed by atoms with van der Waals surface area (Å²) in [6, 6.07) is 0. The number of aromatic nitrogens is 2. The molecule has 0 bridgehead atoms. The summed E-state index contributed by atoms with van der Waals surface area (Å²) in [5.74, 6) is 1.18. The molecule has 1 unspecified atom stereocenters. The van der Waals surface area contributed by atoms with Crippen molar-refractivity contribution in [2.24, 2.45) is 13.0 Å². The molecule has 1 aliphatic heterocycles. The Labute approximate surface area is 115 Å². The highest BCUT2D eigenvalue weighted by Gasteiger charge is 2.30. The third-order valence-electron chi connectivity index (χ3n) is 3.62. The lowest BCUT2D eigenvalue weighted by molar-refractivity contribution is 0.262. The number of hydrogen-bond acceptors (Lipinski definition) is 3. The Morgan fingerprint density at radius 1 is 1.53 bits per heavy atom. The SMILES string of the molecule is CC1CCCN(S(=O)(=O)N(C)Cc2nccn2C)C1. The summed E-state index contributed by atoms with van der Waals surface area (Å²) in [5, 5.41) is 0. The lowest BCUT2D eigenvalue weighted by atomic mass is 10.0. The summed E-state index contributed by atoms with van der Waals surface area (Å²) in [6.45, 7) is 3.64. The predicted molar refractivity (Wildman–Crippen MR) is 73.6 cm³/mol. The number of aryl methyl sites for hydroxylation is 1. The summed E-state index contributed by atoms with van der Waals surface area (Å²) >= 11 is 0. The quantitative estimate of drug-likeness (QED) is 0.823. The van der Waals surface area contributed by atoms with Gasteiger partial charge in [0.25, 0.3) is 10.2 Å². The van der Waals surface area contributed by atoms with E-state index in [9.17, 15) is 8.42 Å². The Kier molecular flexibility index (Phi) is 4.27. The van der Waals surface area contributed by atoms with Gasteiger partial charge < -0.3 is 4.57 Å². The van der Waals surface area contributed by atoms with Crippen molar-refractivity contribution in [2.45, 2.75) is 26.3 Å². The van der Waals surface area contributed by atoms with Crippen LogP contribution in [-0.4, -0.2) is 46.7 Å². The van der Waals surface area contributed by atoms with Crippen LogP contribution in [0.4, 0.5) is 0 Å². The molecule has 19 heavy (non-hydrogen) atoms. The van der Waals surface area contributed by atoms with Crippen molar-refractivity contribution in [3.8, 4) is 0 Å². The summed E-state index contributed by atoms with van der Waals surface area (Å²) in [5.41, 5.74) is 0. The van der Waals surface area contributed by atoms with E-state index < -0.39 is 10.2 Å². The molecule has 1 aliphatic rings. The zero-order chi connectivity index (χ0) is 14.0. The number of nitrogens with zero attached hydrogens (tertiary/aromatic N) is 4. The predicted octanol–water partition coefficient (Wildman–Crippen LogP) is 0.829. The average Bonchev–Trinajstić information content (AvgIpc) is 2.75. The molecule has 0 spiro atoms. The monoisotopic (exact) mass is 286 g/mol. The van der Waals surface area contributed by atoms with Gasteiger partial charge in [-0.25, -0.2) is 4.98 Å². The zero-order valence-corrected chi connectivity index (χ0v) is 12.6. The minimum Gasteiger partial charge on any atom is -0.337 e. The molecule has 0 radical (unpaired) electrons. The Balaban J connectivity index is 2.08. The van der Waals surface area contributed by atoms with Crippen LogP contribution in [0.15, 0.2) is 12.4 Å². The van der Waals surface area contributed by atoms with Gasteiger partial charge in [-0.05, 0) is 18.8 Å². The van der Waals surface area contributed by atoms with Gasteiger partial charge in [-0.2, -0.15) is 17.0 Å². The number of imidazole rings is 1. The topological polar surface area (TPSA) is 58.4 Å². The second kappa shape index (κ2) is 5.60. The van der Waals surface area contributed by atoms with Crippen molar-refractivity contribution in [2.75, 3.05) is 20.1 Å². The molecule has 1 aromatic heterocycles. The molecule has 1 fully saturated rings. The van der Waals surface area contributed by atoms with E-state index >= 15 is 0 Å². The van der Waals surface area contributed by atoms with Crippen LogP contribution >= 0.6 is 0 Å². The number of rotatable bonds is 4. The van der Waals surface area contributed by atoms with Crippen molar-refractivity contribution < 1.29 is 8.42 Å². The lowest BCUT2D eigenvalue weighted by Crippen LogP contribution is -2.46. The first-order valence-corrected chi connectivity index (χ1v) is 7.98. The third kappa shape index (κ3) is 3.16. The molecular formula is C12H22N4O2S. The Morgan fingerprint density at radius 3 is 2.84 bits per heavy atom. The van der Waals surface area contributed by atoms with Gasteiger partial charge in [0.15, 0.2) is 0 Å². The maximum Gasteiger partial charge on any atom is 0.282 e. The summed E-state index contributed by atoms with van der Waals surface area (Å²) < 4.78 is 29.8. The van der Waals surface area contributed by atoms with Crippen LogP contribution in [-0.2, 0) is 23.8 Å². The molecule has 1 atom stereocenters. The van der Waals surface area contributed by atoms with E-state index in [2.05, 4.69) is 11.9 Å². The molecule has 1 aromatic rings. The summed E-state index contributed by atoms with van der Waals surface area (Å²) in [6.07, 6.45) is 5.54. The van der Waals surface area contributed by atoms with Gasteiger partial charge in [0, 0.05) is 39.6 Å². The smallest absolute Gasteiger partial charge is 0.282 e. The number of hydrogen-bond donors (Lipinski definition) is 0. The molecule has 6 nitrogen and oxygen atoms in total. The molecular weight excluding hydrogens is 264 g/mol. The van der Waals surface area contributed by atoms with E-state index in [1.165, 1.54) is 4.31 Å². The van der Waals surface area contributed by atoms with Crippen LogP contribution in [0.2, 0.25) is 0 Å². The molecule has 1 saturated heterocycles. The van der Waals surface area contributed by atoms with Gasteiger partial charge in [0.2, 0.25) is 0 Å². The van der Waals surface area contributed by atoms with Gasteiger partial charge in [-0.1, -0.05) is 6.92 Å². The van der Waals surface area contributed by atoms with E-state index in [4.69, 9.17) is 0 Å². The Hall–Kier alpha value is -0.920. The van der Waals surface area contributed by atoms with Crippen molar-refractivity contribution in [1.29, 1.82) is 0 Å². The minimum absolute atomic E-state index is 0.302. The van der Waals surface area contributed by atoms with Crippen molar-refractivity contribution in [3.05, 3.63) is 18.2 Å². The maximum absolute atomic E-state index is 12.5. The highest BCUT2D eigenvalue weighted by atomic mass is 32.2. The second-order valence-corrected chi connectivity index (χ2v) is 7.36. The van der Waals surface area contributed by atoms with Crippen molar-refractivity contribution >= 4 is 10.2 Å². The van der Waals surface area contributed by atoms with Crippen LogP contribution in [0.25, 0.3) is 0 Å². The Bertz CT molecular complexity index is 526. The first-order chi connectivity index (χ1) is 8.91. The third-order valence-corrected chi connectivity index (χ3v) is 5.53. The van der Waals surface area contributed by atoms with Crippen LogP contribution in [0, 0.1) is 5.92 Å². The van der Waals surface area contributed by atoms with Gasteiger partial charge in [0.05, 0.1) is 6.54 Å². The molecule has 0 aliphatic carbocycles. The molecule has 2 heterocycles. The standard InChI is InChI=1S/C12H22N4O2S/c1-11-5-4-7-16(9-11)19(17,18)15(3)10-12-13-6-8-14(12)2/h6,8,11H,4-5,7,9-10H2,1-3H3. The van der Waals surface area contributed by atoms with Gasteiger partial charge in [-0.3, -0.25) is 0 Å². The van der Waals surface area contributed by atoms with E-state index in [1.807, 2.05) is 17.8 Å². The summed E-state index contributed by atoms with van der Waals surface area (Å²) in [4.78, 5) is 4.17. The minimum atomic E-state index is -3.37. The fraction of sp³-hybridized carbons (Fsp3) is 0.750. The van der Waals surface area contributed by atoms with E-state index in [-0.39, 0.29) is 0 Å². The van der Waals surface area contributed by atoms with E-state index in [1.54, 1.807) is 17.5 Å². The largest absolute Gasteiger partial charge is 0.337 e. The van der Waals surface area contributed by atoms with E-state index in [0.717, 1.165) is 18.7 Å². The molecule has 0 saturated carbocycles. The summed E-state index contributed by atoms with van der Waals surface area (Å²) in [7, 11) is 0.107. The number of piperidine rings is 1. The van der Waals surface area contributed by atoms with Gasteiger partial charge >= 0.3 is 0 Å². The second-order valence-electron chi connectivity index (χ2n) is 5.32. The molecule has 7 heteroatoms. The highest BCUT2D eigenvalue weighted by molar-refractivity contribution is 7.86. The average molecular weight is 286 g/mol. The lowest BCUT2D eigenvalue weighted by Gasteiger charge is -2.32. The normalized spacial score (nSPS) is 22.0. The first kappa shape index (κ1) is 14.5. The molecule has 108 valence electrons. The van der Waals surface area contributed by atoms with E-state index in [0.29, 0.717) is 25.6 Å². The van der Waals surface area contributed by atoms with Crippen molar-refractivity contribution in [3.63, 3.8) is 0 Å². The van der Waals surface area contributed by atoms with Gasteiger partial charge in [-0.15, -0.1) is 0 Å². The molecule has 0 amide bonds. The highest BCUT2D eigenvalue weighted by Crippen LogP contribution is 2.20.